The smallest absolute Gasteiger partial charge is 0.253 e. The molecule has 2 aromatic rings. The van der Waals surface area contributed by atoms with Gasteiger partial charge in [0.05, 0.1) is 0 Å². The van der Waals surface area contributed by atoms with Gasteiger partial charge in [-0.1, -0.05) is 77.9 Å². The molecule has 2 amide bonds. The Morgan fingerprint density at radius 1 is 0.742 bits per heavy atom. The Labute approximate surface area is 189 Å². The number of hydrogen-bond acceptors (Lipinski definition) is 2. The maximum atomic E-state index is 12.0. The number of benzene rings is 2. The van der Waals surface area contributed by atoms with E-state index in [9.17, 15) is 9.59 Å². The molecule has 4 nitrogen and oxygen atoms in total. The van der Waals surface area contributed by atoms with Gasteiger partial charge in [0.25, 0.3) is 11.8 Å². The van der Waals surface area contributed by atoms with Crippen molar-refractivity contribution in [1.29, 1.82) is 0 Å². The largest absolute Gasteiger partial charge is 0.350 e. The van der Waals surface area contributed by atoms with E-state index < -0.39 is 0 Å². The van der Waals surface area contributed by atoms with E-state index in [1.54, 1.807) is 19.0 Å². The number of nitrogens with one attached hydrogen (secondary N) is 1. The van der Waals surface area contributed by atoms with Crippen LogP contribution in [0.25, 0.3) is 0 Å². The average molecular weight is 425 g/mol. The first-order valence-electron chi connectivity index (χ1n) is 10.9. The first kappa shape index (κ1) is 26.4. The SMILES string of the molecule is CC(C)NC(=O)c1ccccc1C(C)(C)C.CN(C)C(=O)c1ccccc1C(C)(C)C. The summed E-state index contributed by atoms with van der Waals surface area (Å²) in [7, 11) is 3.56. The van der Waals surface area contributed by atoms with Crippen LogP contribution in [0.3, 0.4) is 0 Å². The lowest BCUT2D eigenvalue weighted by atomic mass is 9.83. The van der Waals surface area contributed by atoms with Crippen LogP contribution in [0.15, 0.2) is 48.5 Å². The minimum Gasteiger partial charge on any atom is -0.350 e. The summed E-state index contributed by atoms with van der Waals surface area (Å²) < 4.78 is 0. The van der Waals surface area contributed by atoms with Crippen LogP contribution in [-0.2, 0) is 10.8 Å². The molecule has 170 valence electrons. The lowest BCUT2D eigenvalue weighted by Gasteiger charge is -2.23. The molecule has 0 fully saturated rings. The third-order valence-electron chi connectivity index (χ3n) is 4.77. The van der Waals surface area contributed by atoms with Crippen LogP contribution in [0.2, 0.25) is 0 Å². The molecule has 0 saturated heterocycles. The molecule has 0 radical (unpaired) electrons. The third-order valence-corrected chi connectivity index (χ3v) is 4.77. The fourth-order valence-corrected chi connectivity index (χ4v) is 3.24. The predicted octanol–water partition coefficient (Wildman–Crippen LogP) is 5.81. The molecule has 0 aliphatic carbocycles. The van der Waals surface area contributed by atoms with Crippen LogP contribution in [0, 0.1) is 0 Å². The van der Waals surface area contributed by atoms with Gasteiger partial charge in [0.2, 0.25) is 0 Å². The summed E-state index contributed by atoms with van der Waals surface area (Å²) in [6.07, 6.45) is 0. The Hall–Kier alpha value is -2.62. The van der Waals surface area contributed by atoms with Gasteiger partial charge in [-0.05, 0) is 47.9 Å². The second kappa shape index (κ2) is 10.6. The number of hydrogen-bond donors (Lipinski definition) is 1. The fourth-order valence-electron chi connectivity index (χ4n) is 3.24. The Morgan fingerprint density at radius 3 is 1.52 bits per heavy atom. The molecule has 1 N–H and O–H groups in total. The maximum absolute atomic E-state index is 12.0. The van der Waals surface area contributed by atoms with E-state index in [1.165, 1.54) is 0 Å². The van der Waals surface area contributed by atoms with Crippen LogP contribution >= 0.6 is 0 Å². The quantitative estimate of drug-likeness (QED) is 0.676. The van der Waals surface area contributed by atoms with E-state index in [4.69, 9.17) is 0 Å². The summed E-state index contributed by atoms with van der Waals surface area (Å²) in [4.78, 5) is 25.6. The molecule has 0 unspecified atom stereocenters. The molecule has 0 saturated carbocycles. The van der Waals surface area contributed by atoms with Gasteiger partial charge in [0.1, 0.15) is 0 Å². The van der Waals surface area contributed by atoms with E-state index in [1.807, 2.05) is 62.4 Å². The zero-order chi connectivity index (χ0) is 24.0. The maximum Gasteiger partial charge on any atom is 0.253 e. The van der Waals surface area contributed by atoms with Crippen molar-refractivity contribution in [2.24, 2.45) is 0 Å². The zero-order valence-corrected chi connectivity index (χ0v) is 21.0. The molecule has 0 aliphatic heterocycles. The Morgan fingerprint density at radius 2 is 1.13 bits per heavy atom. The van der Waals surface area contributed by atoms with Crippen molar-refractivity contribution in [3.8, 4) is 0 Å². The number of rotatable bonds is 3. The van der Waals surface area contributed by atoms with Crippen LogP contribution in [0.5, 0.6) is 0 Å². The first-order valence-corrected chi connectivity index (χ1v) is 10.9. The van der Waals surface area contributed by atoms with E-state index in [0.717, 1.165) is 22.3 Å². The molecule has 2 rings (SSSR count). The molecular formula is C27H40N2O2. The summed E-state index contributed by atoms with van der Waals surface area (Å²) in [6.45, 7) is 16.7. The van der Waals surface area contributed by atoms with Crippen LogP contribution in [0.4, 0.5) is 0 Å². The molecule has 31 heavy (non-hydrogen) atoms. The van der Waals surface area contributed by atoms with Gasteiger partial charge in [-0.2, -0.15) is 0 Å². The second-order valence-corrected chi connectivity index (χ2v) is 10.4. The summed E-state index contributed by atoms with van der Waals surface area (Å²) in [5.74, 6) is 0.0843. The summed E-state index contributed by atoms with van der Waals surface area (Å²) in [5, 5.41) is 2.93. The Kier molecular flexibility index (Phi) is 9.04. The van der Waals surface area contributed by atoms with Crippen molar-refractivity contribution in [3.05, 3.63) is 70.8 Å². The normalized spacial score (nSPS) is 11.5. The molecule has 0 spiro atoms. The first-order chi connectivity index (χ1) is 14.2. The molecule has 0 atom stereocenters. The van der Waals surface area contributed by atoms with Crippen LogP contribution in [-0.4, -0.2) is 36.9 Å². The van der Waals surface area contributed by atoms with Crippen molar-refractivity contribution >= 4 is 11.8 Å². The highest BCUT2D eigenvalue weighted by molar-refractivity contribution is 5.96. The van der Waals surface area contributed by atoms with E-state index in [0.29, 0.717) is 0 Å². The Balaban J connectivity index is 0.000000311. The second-order valence-electron chi connectivity index (χ2n) is 10.4. The summed E-state index contributed by atoms with van der Waals surface area (Å²) in [5.41, 5.74) is 3.77. The third kappa shape index (κ3) is 7.86. The average Bonchev–Trinajstić information content (AvgIpc) is 2.66. The molecule has 4 heteroatoms. The van der Waals surface area contributed by atoms with Crippen molar-refractivity contribution in [3.63, 3.8) is 0 Å². The Bertz CT molecular complexity index is 885. The van der Waals surface area contributed by atoms with Gasteiger partial charge >= 0.3 is 0 Å². The number of carbonyl (C=O) groups excluding carboxylic acids is 2. The monoisotopic (exact) mass is 424 g/mol. The highest BCUT2D eigenvalue weighted by Gasteiger charge is 2.22. The molecule has 0 heterocycles. The molecule has 0 bridgehead atoms. The zero-order valence-electron chi connectivity index (χ0n) is 21.0. The minimum atomic E-state index is -0.00902. The van der Waals surface area contributed by atoms with Gasteiger partial charge in [-0.25, -0.2) is 0 Å². The highest BCUT2D eigenvalue weighted by Crippen LogP contribution is 2.26. The lowest BCUT2D eigenvalue weighted by molar-refractivity contribution is 0.0824. The summed E-state index contributed by atoms with van der Waals surface area (Å²) in [6, 6.07) is 15.8. The van der Waals surface area contributed by atoms with Gasteiger partial charge in [0.15, 0.2) is 0 Å². The van der Waals surface area contributed by atoms with Crippen molar-refractivity contribution < 1.29 is 9.59 Å². The van der Waals surface area contributed by atoms with Crippen molar-refractivity contribution in [2.45, 2.75) is 72.3 Å². The van der Waals surface area contributed by atoms with E-state index in [-0.39, 0.29) is 28.7 Å². The molecule has 2 aromatic carbocycles. The molecule has 0 aliphatic rings. The van der Waals surface area contributed by atoms with Crippen molar-refractivity contribution in [2.75, 3.05) is 14.1 Å². The van der Waals surface area contributed by atoms with Crippen LogP contribution < -0.4 is 5.32 Å². The highest BCUT2D eigenvalue weighted by atomic mass is 16.2. The van der Waals surface area contributed by atoms with Crippen LogP contribution in [0.1, 0.15) is 87.2 Å². The molecular weight excluding hydrogens is 384 g/mol. The standard InChI is InChI=1S/C14H21NO.C13H19NO/c1-10(2)15-13(16)11-8-6-7-9-12(11)14(3,4)5;1-13(2,3)11-9-7-6-8-10(11)12(15)14(4)5/h6-10H,1-5H3,(H,15,16);6-9H,1-5H3. The van der Waals surface area contributed by atoms with E-state index in [2.05, 4.69) is 46.9 Å². The topological polar surface area (TPSA) is 49.4 Å². The van der Waals surface area contributed by atoms with Gasteiger partial charge in [-0.15, -0.1) is 0 Å². The molecule has 0 aromatic heterocycles. The predicted molar refractivity (Wildman–Crippen MR) is 131 cm³/mol. The number of amides is 2. The van der Waals surface area contributed by atoms with Gasteiger partial charge in [-0.3, -0.25) is 9.59 Å². The summed E-state index contributed by atoms with van der Waals surface area (Å²) >= 11 is 0. The minimum absolute atomic E-state index is 0.00225. The number of nitrogens with zero attached hydrogens (tertiary/aromatic N) is 1. The number of carbonyl (C=O) groups is 2. The fraction of sp³-hybridized carbons (Fsp3) is 0.481. The van der Waals surface area contributed by atoms with Gasteiger partial charge < -0.3 is 10.2 Å². The lowest BCUT2D eigenvalue weighted by Crippen LogP contribution is -2.32. The van der Waals surface area contributed by atoms with Crippen molar-refractivity contribution in [1.82, 2.24) is 10.2 Å². The van der Waals surface area contributed by atoms with E-state index >= 15 is 0 Å². The van der Waals surface area contributed by atoms with Gasteiger partial charge in [0, 0.05) is 31.3 Å².